The quantitative estimate of drug-likeness (QED) is 0.841. The number of hydrogen-bond donors (Lipinski definition) is 2. The van der Waals surface area contributed by atoms with Crippen LogP contribution in [0, 0.1) is 5.92 Å². The van der Waals surface area contributed by atoms with Crippen molar-refractivity contribution in [2.24, 2.45) is 5.92 Å². The molecule has 0 radical (unpaired) electrons. The fourth-order valence-corrected chi connectivity index (χ4v) is 4.25. The third-order valence-corrected chi connectivity index (χ3v) is 5.43. The summed E-state index contributed by atoms with van der Waals surface area (Å²) in [5, 5.41) is 4.99. The average molecular weight is 279 g/mol. The van der Waals surface area contributed by atoms with Gasteiger partial charge in [0.2, 0.25) is 0 Å². The molecule has 3 N–H and O–H groups in total. The van der Waals surface area contributed by atoms with E-state index in [0.29, 0.717) is 12.0 Å². The number of nitrogens with two attached hydrogens (primary N) is 1. The highest BCUT2D eigenvalue weighted by atomic mass is 32.1. The third kappa shape index (κ3) is 3.04. The molecule has 0 aromatic carbocycles. The molecule has 0 aliphatic heterocycles. The van der Waals surface area contributed by atoms with Gasteiger partial charge in [-0.1, -0.05) is 19.8 Å². The van der Waals surface area contributed by atoms with Crippen LogP contribution in [0.5, 0.6) is 0 Å². The highest BCUT2D eigenvalue weighted by molar-refractivity contribution is 7.10. The predicted molar refractivity (Wildman–Crippen MR) is 82.8 cm³/mol. The van der Waals surface area contributed by atoms with Crippen molar-refractivity contribution >= 4 is 22.4 Å². The number of hydrogen-bond acceptors (Lipinski definition) is 4. The topological polar surface area (TPSA) is 50.9 Å². The molecule has 106 valence electrons. The summed E-state index contributed by atoms with van der Waals surface area (Å²) in [6.45, 7) is 2.30. The maximum atomic E-state index is 6.01. The summed E-state index contributed by atoms with van der Waals surface area (Å²) in [6.07, 6.45) is 10.7. The van der Waals surface area contributed by atoms with Crippen molar-refractivity contribution < 1.29 is 0 Å². The molecule has 3 nitrogen and oxygen atoms in total. The number of nitrogens with zero attached hydrogens (tertiary/aromatic N) is 1. The zero-order valence-electron chi connectivity index (χ0n) is 11.8. The summed E-state index contributed by atoms with van der Waals surface area (Å²) < 4.78 is 4.34. The lowest BCUT2D eigenvalue weighted by Gasteiger charge is -2.29. The van der Waals surface area contributed by atoms with Crippen molar-refractivity contribution in [1.29, 1.82) is 0 Å². The summed E-state index contributed by atoms with van der Waals surface area (Å²) in [5.41, 5.74) is 7.33. The first-order valence-electron chi connectivity index (χ1n) is 7.79. The minimum absolute atomic E-state index is 0.644. The van der Waals surface area contributed by atoms with Gasteiger partial charge in [0, 0.05) is 11.6 Å². The van der Waals surface area contributed by atoms with E-state index in [1.165, 1.54) is 61.9 Å². The van der Waals surface area contributed by atoms with Gasteiger partial charge in [-0.25, -0.2) is 0 Å². The normalized spacial score (nSPS) is 27.4. The molecule has 0 unspecified atom stereocenters. The number of nitrogens with one attached hydrogen (secondary N) is 1. The molecule has 1 aromatic heterocycles. The van der Waals surface area contributed by atoms with Crippen LogP contribution >= 0.6 is 11.5 Å². The summed E-state index contributed by atoms with van der Waals surface area (Å²) in [7, 11) is 0. The highest BCUT2D eigenvalue weighted by Gasteiger charge is 2.31. The first-order valence-corrected chi connectivity index (χ1v) is 8.56. The molecule has 0 saturated heterocycles. The Labute approximate surface area is 120 Å². The van der Waals surface area contributed by atoms with Crippen LogP contribution in [0.3, 0.4) is 0 Å². The number of nitrogen functional groups attached to an aromatic ring is 1. The Morgan fingerprint density at radius 2 is 1.95 bits per heavy atom. The molecule has 0 bridgehead atoms. The minimum atomic E-state index is 0.644. The molecular weight excluding hydrogens is 254 g/mol. The van der Waals surface area contributed by atoms with Crippen molar-refractivity contribution in [3.05, 3.63) is 5.56 Å². The number of aromatic nitrogens is 1. The molecule has 2 aliphatic rings. The van der Waals surface area contributed by atoms with Crippen molar-refractivity contribution in [2.45, 2.75) is 70.3 Å². The van der Waals surface area contributed by atoms with Gasteiger partial charge in [0.1, 0.15) is 10.8 Å². The molecule has 0 atom stereocenters. The first kappa shape index (κ1) is 13.2. The molecule has 19 heavy (non-hydrogen) atoms. The number of anilines is 2. The van der Waals surface area contributed by atoms with Gasteiger partial charge in [-0.15, -0.1) is 0 Å². The van der Waals surface area contributed by atoms with E-state index < -0.39 is 0 Å². The molecule has 2 fully saturated rings. The molecule has 1 heterocycles. The van der Waals surface area contributed by atoms with Crippen LogP contribution < -0.4 is 11.1 Å². The SMILES string of the molecule is CCCC1CCC(Nc2snc(N)c2C2CC2)CC1. The Morgan fingerprint density at radius 1 is 1.21 bits per heavy atom. The van der Waals surface area contributed by atoms with Gasteiger partial charge in [0.05, 0.1) is 0 Å². The average Bonchev–Trinajstić information content (AvgIpc) is 3.18. The molecule has 4 heteroatoms. The van der Waals surface area contributed by atoms with Crippen LogP contribution in [0.15, 0.2) is 0 Å². The monoisotopic (exact) mass is 279 g/mol. The first-order chi connectivity index (χ1) is 9.28. The van der Waals surface area contributed by atoms with Crippen LogP contribution in [0.4, 0.5) is 10.8 Å². The van der Waals surface area contributed by atoms with Crippen LogP contribution in [0.1, 0.15) is 69.8 Å². The lowest BCUT2D eigenvalue weighted by molar-refractivity contribution is 0.319. The molecule has 2 saturated carbocycles. The predicted octanol–water partition coefficient (Wildman–Crippen LogP) is 4.37. The van der Waals surface area contributed by atoms with E-state index in [-0.39, 0.29) is 0 Å². The Hall–Kier alpha value is -0.770. The van der Waals surface area contributed by atoms with Crippen LogP contribution in [-0.4, -0.2) is 10.4 Å². The third-order valence-electron chi connectivity index (χ3n) is 4.62. The smallest absolute Gasteiger partial charge is 0.142 e. The second-order valence-corrected chi connectivity index (χ2v) is 7.01. The Bertz CT molecular complexity index is 417. The minimum Gasteiger partial charge on any atom is -0.383 e. The molecule has 0 spiro atoms. The van der Waals surface area contributed by atoms with Crippen molar-refractivity contribution in [3.8, 4) is 0 Å². The van der Waals surface area contributed by atoms with E-state index in [0.717, 1.165) is 11.7 Å². The van der Waals surface area contributed by atoms with Gasteiger partial charge in [-0.2, -0.15) is 4.37 Å². The fraction of sp³-hybridized carbons (Fsp3) is 0.800. The Kier molecular flexibility index (Phi) is 3.96. The van der Waals surface area contributed by atoms with Gasteiger partial charge in [-0.3, -0.25) is 0 Å². The van der Waals surface area contributed by atoms with Crippen LogP contribution in [-0.2, 0) is 0 Å². The molecule has 2 aliphatic carbocycles. The van der Waals surface area contributed by atoms with E-state index in [4.69, 9.17) is 5.73 Å². The van der Waals surface area contributed by atoms with Gasteiger partial charge >= 0.3 is 0 Å². The van der Waals surface area contributed by atoms with Gasteiger partial charge in [0.15, 0.2) is 0 Å². The number of rotatable bonds is 5. The molecule has 3 rings (SSSR count). The summed E-state index contributed by atoms with van der Waals surface area (Å²) in [6, 6.07) is 0.644. The standard InChI is InChI=1S/C15H25N3S/c1-2-3-10-4-8-12(9-5-10)17-15-13(11-6-7-11)14(16)18-19-15/h10-12,17H,2-9H2,1H3,(H2,16,18). The highest BCUT2D eigenvalue weighted by Crippen LogP contribution is 2.48. The second-order valence-electron chi connectivity index (χ2n) is 6.24. The maximum absolute atomic E-state index is 6.01. The molecule has 0 amide bonds. The van der Waals surface area contributed by atoms with E-state index in [1.54, 1.807) is 11.5 Å². The van der Waals surface area contributed by atoms with E-state index in [1.807, 2.05) is 0 Å². The Morgan fingerprint density at radius 3 is 2.58 bits per heavy atom. The zero-order valence-corrected chi connectivity index (χ0v) is 12.6. The molecular formula is C15H25N3S. The van der Waals surface area contributed by atoms with E-state index in [2.05, 4.69) is 16.6 Å². The summed E-state index contributed by atoms with van der Waals surface area (Å²) in [5.74, 6) is 2.44. The summed E-state index contributed by atoms with van der Waals surface area (Å²) >= 11 is 1.56. The van der Waals surface area contributed by atoms with Crippen molar-refractivity contribution in [3.63, 3.8) is 0 Å². The lowest BCUT2D eigenvalue weighted by atomic mass is 9.83. The van der Waals surface area contributed by atoms with Gasteiger partial charge in [0.25, 0.3) is 0 Å². The van der Waals surface area contributed by atoms with Crippen LogP contribution in [0.2, 0.25) is 0 Å². The van der Waals surface area contributed by atoms with Crippen LogP contribution in [0.25, 0.3) is 0 Å². The molecule has 1 aromatic rings. The van der Waals surface area contributed by atoms with Crippen molar-refractivity contribution in [2.75, 3.05) is 11.1 Å². The summed E-state index contributed by atoms with van der Waals surface area (Å²) in [4.78, 5) is 0. The zero-order chi connectivity index (χ0) is 13.2. The van der Waals surface area contributed by atoms with E-state index >= 15 is 0 Å². The van der Waals surface area contributed by atoms with Gasteiger partial charge in [-0.05, 0) is 61.9 Å². The fourth-order valence-electron chi connectivity index (χ4n) is 3.37. The Balaban J connectivity index is 1.57. The van der Waals surface area contributed by atoms with E-state index in [9.17, 15) is 0 Å². The van der Waals surface area contributed by atoms with Crippen molar-refractivity contribution in [1.82, 2.24) is 4.37 Å². The second kappa shape index (κ2) is 5.70. The maximum Gasteiger partial charge on any atom is 0.142 e. The largest absolute Gasteiger partial charge is 0.383 e. The lowest BCUT2D eigenvalue weighted by Crippen LogP contribution is -2.26. The van der Waals surface area contributed by atoms with Gasteiger partial charge < -0.3 is 11.1 Å².